The number of hydrogen-bond acceptors (Lipinski definition) is 7. The van der Waals surface area contributed by atoms with Gasteiger partial charge in [0.05, 0.1) is 22.3 Å². The van der Waals surface area contributed by atoms with Crippen LogP contribution in [0.25, 0.3) is 22.8 Å². The van der Waals surface area contributed by atoms with E-state index in [1.54, 1.807) is 13.1 Å². The number of benzene rings is 2. The van der Waals surface area contributed by atoms with Gasteiger partial charge >= 0.3 is 0 Å². The molecule has 0 saturated carbocycles. The Bertz CT molecular complexity index is 1370. The Morgan fingerprint density at radius 2 is 1.97 bits per heavy atom. The van der Waals surface area contributed by atoms with E-state index in [1.165, 1.54) is 35.1 Å². The number of halogens is 2. The maximum absolute atomic E-state index is 13.4. The van der Waals surface area contributed by atoms with Crippen LogP contribution in [0.4, 0.5) is 8.78 Å². The van der Waals surface area contributed by atoms with E-state index in [0.717, 1.165) is 12.1 Å². The highest BCUT2D eigenvalue weighted by atomic mass is 32.2. The molecule has 4 rings (SSSR count). The number of nitrogens with zero attached hydrogens (tertiary/aromatic N) is 4. The second-order valence-corrected chi connectivity index (χ2v) is 8.05. The van der Waals surface area contributed by atoms with Crippen LogP contribution in [0.1, 0.15) is 5.69 Å². The first-order valence-electron chi connectivity index (χ1n) is 8.78. The van der Waals surface area contributed by atoms with E-state index in [1.807, 2.05) is 0 Å². The molecule has 9 nitrogen and oxygen atoms in total. The van der Waals surface area contributed by atoms with Crippen LogP contribution in [0.15, 0.2) is 58.1 Å². The summed E-state index contributed by atoms with van der Waals surface area (Å²) in [6.07, 6.45) is 1.49. The van der Waals surface area contributed by atoms with Crippen molar-refractivity contribution in [3.63, 3.8) is 0 Å². The normalized spacial score (nSPS) is 11.6. The Morgan fingerprint density at radius 1 is 1.16 bits per heavy atom. The molecule has 2 heterocycles. The molecule has 0 atom stereocenters. The molecule has 0 radical (unpaired) electrons. The Kier molecular flexibility index (Phi) is 5.25. The molecule has 0 spiro atoms. The Balaban J connectivity index is 1.61. The van der Waals surface area contributed by atoms with E-state index in [0.29, 0.717) is 16.8 Å². The minimum Gasteiger partial charge on any atom is -0.487 e. The van der Waals surface area contributed by atoms with Crippen LogP contribution in [-0.2, 0) is 23.7 Å². The second-order valence-electron chi connectivity index (χ2n) is 6.49. The molecule has 0 amide bonds. The maximum Gasteiger partial charge on any atom is 0.261 e. The highest BCUT2D eigenvalue weighted by Gasteiger charge is 2.19. The average Bonchev–Trinajstić information content (AvgIpc) is 3.35. The van der Waals surface area contributed by atoms with Crippen molar-refractivity contribution >= 4 is 10.0 Å². The van der Waals surface area contributed by atoms with Crippen LogP contribution in [0.2, 0.25) is 0 Å². The SMILES string of the molecule is Cn1ncc(-c2nc(-c3cccc(S(N)(=O)=O)c3)no2)c1COc1ccc(F)c(F)c1. The third kappa shape index (κ3) is 4.29. The van der Waals surface area contributed by atoms with E-state index in [-0.39, 0.29) is 29.0 Å². The van der Waals surface area contributed by atoms with Gasteiger partial charge in [0.1, 0.15) is 12.4 Å². The lowest BCUT2D eigenvalue weighted by atomic mass is 10.2. The number of hydrogen-bond donors (Lipinski definition) is 1. The predicted octanol–water partition coefficient (Wildman–Crippen LogP) is 2.64. The smallest absolute Gasteiger partial charge is 0.261 e. The van der Waals surface area contributed by atoms with Gasteiger partial charge in [0.2, 0.25) is 15.8 Å². The minimum atomic E-state index is -3.89. The van der Waals surface area contributed by atoms with Crippen molar-refractivity contribution in [1.82, 2.24) is 19.9 Å². The molecule has 31 heavy (non-hydrogen) atoms. The summed E-state index contributed by atoms with van der Waals surface area (Å²) in [6, 6.07) is 9.02. The lowest BCUT2D eigenvalue weighted by Crippen LogP contribution is -2.11. The topological polar surface area (TPSA) is 126 Å². The number of aryl methyl sites for hydroxylation is 1. The zero-order valence-electron chi connectivity index (χ0n) is 16.0. The molecule has 2 aromatic carbocycles. The molecule has 0 aliphatic carbocycles. The predicted molar refractivity (Wildman–Crippen MR) is 104 cm³/mol. The summed E-state index contributed by atoms with van der Waals surface area (Å²) in [7, 11) is -2.22. The molecule has 4 aromatic rings. The van der Waals surface area contributed by atoms with Crippen LogP contribution in [-0.4, -0.2) is 28.3 Å². The standard InChI is InChI=1S/C19H15F2N5O4S/c1-26-17(10-29-12-5-6-15(20)16(21)8-12)14(9-23-26)19-24-18(25-30-19)11-3-2-4-13(7-11)31(22,27)28/h2-9H,10H2,1H3,(H2,22,27,28). The van der Waals surface area contributed by atoms with Crippen molar-refractivity contribution < 1.29 is 26.5 Å². The third-order valence-electron chi connectivity index (χ3n) is 4.41. The average molecular weight is 447 g/mol. The van der Waals surface area contributed by atoms with Crippen LogP contribution < -0.4 is 9.88 Å². The Hall–Kier alpha value is -3.64. The summed E-state index contributed by atoms with van der Waals surface area (Å²) < 4.78 is 62.0. The van der Waals surface area contributed by atoms with Crippen LogP contribution in [0.5, 0.6) is 5.75 Å². The highest BCUT2D eigenvalue weighted by Crippen LogP contribution is 2.27. The summed E-state index contributed by atoms with van der Waals surface area (Å²) in [4.78, 5) is 4.21. The number of primary sulfonamides is 1. The zero-order chi connectivity index (χ0) is 22.2. The molecule has 160 valence electrons. The number of nitrogens with two attached hydrogens (primary N) is 1. The van der Waals surface area contributed by atoms with Gasteiger partial charge in [-0.2, -0.15) is 10.1 Å². The van der Waals surface area contributed by atoms with Crippen LogP contribution in [0.3, 0.4) is 0 Å². The lowest BCUT2D eigenvalue weighted by molar-refractivity contribution is 0.292. The zero-order valence-corrected chi connectivity index (χ0v) is 16.8. The maximum atomic E-state index is 13.4. The van der Waals surface area contributed by atoms with Gasteiger partial charge in [0, 0.05) is 18.7 Å². The van der Waals surface area contributed by atoms with Gasteiger partial charge in [0.15, 0.2) is 11.6 Å². The molecule has 12 heteroatoms. The summed E-state index contributed by atoms with van der Waals surface area (Å²) in [5, 5.41) is 13.2. The number of ether oxygens (including phenoxy) is 1. The van der Waals surface area contributed by atoms with E-state index in [4.69, 9.17) is 14.4 Å². The van der Waals surface area contributed by atoms with Gasteiger partial charge in [-0.05, 0) is 24.3 Å². The van der Waals surface area contributed by atoms with Gasteiger partial charge in [-0.25, -0.2) is 22.3 Å². The molecular weight excluding hydrogens is 432 g/mol. The van der Waals surface area contributed by atoms with E-state index in [9.17, 15) is 17.2 Å². The fraction of sp³-hybridized carbons (Fsp3) is 0.105. The number of aromatic nitrogens is 4. The van der Waals surface area contributed by atoms with Crippen molar-refractivity contribution in [2.45, 2.75) is 11.5 Å². The molecule has 0 aliphatic rings. The fourth-order valence-corrected chi connectivity index (χ4v) is 3.35. The highest BCUT2D eigenvalue weighted by molar-refractivity contribution is 7.89. The van der Waals surface area contributed by atoms with E-state index < -0.39 is 21.7 Å². The fourth-order valence-electron chi connectivity index (χ4n) is 2.79. The van der Waals surface area contributed by atoms with Crippen LogP contribution in [0, 0.1) is 11.6 Å². The molecule has 0 aliphatic heterocycles. The first-order chi connectivity index (χ1) is 14.7. The first-order valence-corrected chi connectivity index (χ1v) is 10.3. The van der Waals surface area contributed by atoms with Gasteiger partial charge in [-0.15, -0.1) is 0 Å². The van der Waals surface area contributed by atoms with Gasteiger partial charge in [-0.1, -0.05) is 17.3 Å². The largest absolute Gasteiger partial charge is 0.487 e. The van der Waals surface area contributed by atoms with Crippen LogP contribution >= 0.6 is 0 Å². The van der Waals surface area contributed by atoms with Crippen molar-refractivity contribution in [3.8, 4) is 28.6 Å². The molecule has 0 bridgehead atoms. The molecule has 0 saturated heterocycles. The quantitative estimate of drug-likeness (QED) is 0.481. The summed E-state index contributed by atoms with van der Waals surface area (Å²) in [5.74, 6) is -1.59. The third-order valence-corrected chi connectivity index (χ3v) is 5.32. The van der Waals surface area contributed by atoms with Crippen molar-refractivity contribution in [3.05, 3.63) is 66.0 Å². The number of sulfonamides is 1. The Labute approximate surface area is 175 Å². The van der Waals surface area contributed by atoms with Crippen molar-refractivity contribution in [1.29, 1.82) is 0 Å². The molecular formula is C19H15F2N5O4S. The first kappa shape index (κ1) is 20.6. The summed E-state index contributed by atoms with van der Waals surface area (Å²) in [6.45, 7) is -0.0322. The van der Waals surface area contributed by atoms with E-state index >= 15 is 0 Å². The molecule has 0 fully saturated rings. The molecule has 2 N–H and O–H groups in total. The van der Waals surface area contributed by atoms with E-state index in [2.05, 4.69) is 15.2 Å². The second kappa shape index (κ2) is 7.89. The van der Waals surface area contributed by atoms with Gasteiger partial charge in [-0.3, -0.25) is 4.68 Å². The van der Waals surface area contributed by atoms with Crippen molar-refractivity contribution in [2.75, 3.05) is 0 Å². The molecule has 2 aromatic heterocycles. The number of rotatable bonds is 6. The summed E-state index contributed by atoms with van der Waals surface area (Å²) >= 11 is 0. The Morgan fingerprint density at radius 3 is 2.71 bits per heavy atom. The van der Waals surface area contributed by atoms with Gasteiger partial charge < -0.3 is 9.26 Å². The van der Waals surface area contributed by atoms with Crippen molar-refractivity contribution in [2.24, 2.45) is 12.2 Å². The lowest BCUT2D eigenvalue weighted by Gasteiger charge is -2.08. The minimum absolute atomic E-state index is 0.0322. The molecule has 0 unspecified atom stereocenters. The van der Waals surface area contributed by atoms with Gasteiger partial charge in [0.25, 0.3) is 5.89 Å². The summed E-state index contributed by atoms with van der Waals surface area (Å²) in [5.41, 5.74) is 1.40. The monoisotopic (exact) mass is 447 g/mol.